The van der Waals surface area contributed by atoms with Crippen molar-refractivity contribution < 1.29 is 38.7 Å². The lowest BCUT2D eigenvalue weighted by atomic mass is 9.82. The summed E-state index contributed by atoms with van der Waals surface area (Å²) in [4.78, 5) is 28.8. The first-order chi connectivity index (χ1) is 17.5. The highest BCUT2D eigenvalue weighted by atomic mass is 16.5. The Kier molecular flexibility index (Phi) is 8.60. The second-order valence-corrected chi connectivity index (χ2v) is 9.56. The third-order valence-corrected chi connectivity index (χ3v) is 7.10. The van der Waals surface area contributed by atoms with Gasteiger partial charge in [-0.05, 0) is 66.3 Å². The number of benzene rings is 2. The van der Waals surface area contributed by atoms with Crippen LogP contribution in [-0.2, 0) is 44.7 Å². The molecule has 0 fully saturated rings. The lowest BCUT2D eigenvalue weighted by Crippen LogP contribution is -2.42. The van der Waals surface area contributed by atoms with Crippen LogP contribution in [0.25, 0.3) is 0 Å². The van der Waals surface area contributed by atoms with Gasteiger partial charge in [-0.15, -0.1) is 0 Å². The summed E-state index contributed by atoms with van der Waals surface area (Å²) in [7, 11) is 5.88. The normalized spacial score (nSPS) is 16.1. The number of ether oxygens (including phenoxy) is 4. The Morgan fingerprint density at radius 2 is 1.43 bits per heavy atom. The van der Waals surface area contributed by atoms with Crippen molar-refractivity contribution in [1.82, 2.24) is 0 Å². The molecule has 200 valence electrons. The van der Waals surface area contributed by atoms with E-state index in [1.54, 1.807) is 14.2 Å². The zero-order valence-electron chi connectivity index (χ0n) is 22.2. The number of hydrogen-bond donors (Lipinski definition) is 2. The number of methoxy groups -OCH3 is 4. The standard InChI is InChI=1S/C28H35NO8/c1-27(36-5,25(30)31)15-19-13-18-9-10-29-22(11-17-7-8-23(34-3)24(12-17)35-4)21(18)14-20(19)16-28(2,37-6)26(32)33/h7-8,12-14H,9-11,15-16H2,1-6H3,(H,30,31)(H,32,33). The number of rotatable bonds is 12. The van der Waals surface area contributed by atoms with E-state index < -0.39 is 23.1 Å². The van der Waals surface area contributed by atoms with E-state index in [-0.39, 0.29) is 12.8 Å². The van der Waals surface area contributed by atoms with Gasteiger partial charge in [0.05, 0.1) is 14.2 Å². The number of carbonyl (C=O) groups is 2. The Balaban J connectivity index is 2.09. The summed E-state index contributed by atoms with van der Waals surface area (Å²) < 4.78 is 21.5. The Morgan fingerprint density at radius 1 is 0.865 bits per heavy atom. The Labute approximate surface area is 217 Å². The van der Waals surface area contributed by atoms with Crippen LogP contribution in [0, 0.1) is 0 Å². The molecule has 0 aliphatic carbocycles. The molecule has 1 heterocycles. The van der Waals surface area contributed by atoms with E-state index in [4.69, 9.17) is 23.9 Å². The van der Waals surface area contributed by atoms with Gasteiger partial charge in [0.1, 0.15) is 0 Å². The number of fused-ring (bicyclic) bond motifs is 1. The lowest BCUT2D eigenvalue weighted by Gasteiger charge is -2.29. The summed E-state index contributed by atoms with van der Waals surface area (Å²) in [5, 5.41) is 19.6. The molecule has 3 rings (SSSR count). The summed E-state index contributed by atoms with van der Waals surface area (Å²) in [6, 6.07) is 9.61. The summed E-state index contributed by atoms with van der Waals surface area (Å²) in [6.45, 7) is 3.61. The molecule has 0 amide bonds. The molecular formula is C28H35NO8. The molecule has 0 radical (unpaired) electrons. The first kappa shape index (κ1) is 28.1. The maximum Gasteiger partial charge on any atom is 0.336 e. The first-order valence-corrected chi connectivity index (χ1v) is 12.0. The third-order valence-electron chi connectivity index (χ3n) is 7.10. The molecule has 0 saturated heterocycles. The van der Waals surface area contributed by atoms with Gasteiger partial charge in [0.15, 0.2) is 22.7 Å². The fourth-order valence-corrected chi connectivity index (χ4v) is 4.47. The number of hydrogen-bond acceptors (Lipinski definition) is 7. The van der Waals surface area contributed by atoms with Crippen LogP contribution in [0.15, 0.2) is 35.3 Å². The molecule has 0 saturated carbocycles. The van der Waals surface area contributed by atoms with E-state index in [2.05, 4.69) is 0 Å². The van der Waals surface area contributed by atoms with E-state index in [9.17, 15) is 19.8 Å². The van der Waals surface area contributed by atoms with Crippen LogP contribution in [0.1, 0.15) is 41.7 Å². The molecule has 0 bridgehead atoms. The molecule has 0 spiro atoms. The predicted molar refractivity (Wildman–Crippen MR) is 138 cm³/mol. The average molecular weight is 514 g/mol. The molecule has 2 unspecified atom stereocenters. The van der Waals surface area contributed by atoms with E-state index in [0.717, 1.165) is 22.4 Å². The molecule has 2 N–H and O–H groups in total. The van der Waals surface area contributed by atoms with Gasteiger partial charge in [0, 0.05) is 45.7 Å². The van der Waals surface area contributed by atoms with Gasteiger partial charge in [-0.2, -0.15) is 0 Å². The molecule has 9 nitrogen and oxygen atoms in total. The average Bonchev–Trinajstić information content (AvgIpc) is 2.88. The van der Waals surface area contributed by atoms with Crippen molar-refractivity contribution in [2.24, 2.45) is 4.99 Å². The van der Waals surface area contributed by atoms with Gasteiger partial charge in [-0.1, -0.05) is 12.1 Å². The van der Waals surface area contributed by atoms with Gasteiger partial charge in [0.2, 0.25) is 0 Å². The SMILES string of the molecule is COc1ccc(CC2=NCCc3cc(CC(C)(OC)C(=O)O)c(CC(C)(OC)C(=O)O)cc32)cc1OC. The van der Waals surface area contributed by atoms with E-state index in [1.807, 2.05) is 30.3 Å². The smallest absolute Gasteiger partial charge is 0.336 e. The van der Waals surface area contributed by atoms with Crippen molar-refractivity contribution in [1.29, 1.82) is 0 Å². The van der Waals surface area contributed by atoms with Gasteiger partial charge in [-0.3, -0.25) is 4.99 Å². The van der Waals surface area contributed by atoms with Gasteiger partial charge in [0.25, 0.3) is 0 Å². The number of aliphatic imine (C=N–C) groups is 1. The largest absolute Gasteiger partial charge is 0.493 e. The van der Waals surface area contributed by atoms with Gasteiger partial charge in [-0.25, -0.2) is 9.59 Å². The zero-order valence-corrected chi connectivity index (χ0v) is 22.2. The Hall–Kier alpha value is -3.43. The van der Waals surface area contributed by atoms with Crippen molar-refractivity contribution in [2.45, 2.75) is 50.7 Å². The quantitative estimate of drug-likeness (QED) is 0.443. The van der Waals surface area contributed by atoms with Gasteiger partial charge < -0.3 is 29.2 Å². The monoisotopic (exact) mass is 513 g/mol. The highest BCUT2D eigenvalue weighted by Crippen LogP contribution is 2.32. The minimum Gasteiger partial charge on any atom is -0.493 e. The van der Waals surface area contributed by atoms with Crippen LogP contribution in [0.4, 0.5) is 0 Å². The van der Waals surface area contributed by atoms with Crippen LogP contribution in [0.3, 0.4) is 0 Å². The van der Waals surface area contributed by atoms with E-state index in [1.165, 1.54) is 28.1 Å². The molecule has 1 aliphatic rings. The molecule has 1 aliphatic heterocycles. The molecule has 2 atom stereocenters. The Bertz CT molecular complexity index is 1210. The third kappa shape index (κ3) is 5.94. The highest BCUT2D eigenvalue weighted by Gasteiger charge is 2.38. The highest BCUT2D eigenvalue weighted by molar-refractivity contribution is 6.04. The fourth-order valence-electron chi connectivity index (χ4n) is 4.47. The number of nitrogens with zero attached hydrogens (tertiary/aromatic N) is 1. The topological polar surface area (TPSA) is 124 Å². The number of aliphatic carboxylic acids is 2. The molecule has 9 heteroatoms. The minimum atomic E-state index is -1.50. The fraction of sp³-hybridized carbons (Fsp3) is 0.464. The van der Waals surface area contributed by atoms with Gasteiger partial charge >= 0.3 is 11.9 Å². The molecule has 0 aromatic heterocycles. The Morgan fingerprint density at radius 3 is 1.95 bits per heavy atom. The summed E-state index contributed by atoms with van der Waals surface area (Å²) >= 11 is 0. The maximum atomic E-state index is 12.0. The number of carboxylic acids is 2. The number of carboxylic acid groups (broad SMARTS) is 2. The van der Waals surface area contributed by atoms with Crippen molar-refractivity contribution in [3.63, 3.8) is 0 Å². The molecule has 2 aromatic rings. The summed E-state index contributed by atoms with van der Waals surface area (Å²) in [5.74, 6) is -0.943. The van der Waals surface area contributed by atoms with Crippen molar-refractivity contribution in [3.05, 3.63) is 58.1 Å². The lowest BCUT2D eigenvalue weighted by molar-refractivity contribution is -0.161. The molecule has 37 heavy (non-hydrogen) atoms. The summed E-state index contributed by atoms with van der Waals surface area (Å²) in [6.07, 6.45) is 1.35. The van der Waals surface area contributed by atoms with Crippen LogP contribution in [0.5, 0.6) is 11.5 Å². The van der Waals surface area contributed by atoms with Crippen LogP contribution in [0.2, 0.25) is 0 Å². The van der Waals surface area contributed by atoms with Crippen LogP contribution < -0.4 is 9.47 Å². The van der Waals surface area contributed by atoms with E-state index in [0.29, 0.717) is 42.0 Å². The molecular weight excluding hydrogens is 478 g/mol. The first-order valence-electron chi connectivity index (χ1n) is 12.0. The second kappa shape index (κ2) is 11.3. The van der Waals surface area contributed by atoms with Crippen molar-refractivity contribution >= 4 is 17.7 Å². The van der Waals surface area contributed by atoms with Crippen LogP contribution >= 0.6 is 0 Å². The summed E-state index contributed by atoms with van der Waals surface area (Å²) in [5.41, 5.74) is 2.22. The second-order valence-electron chi connectivity index (χ2n) is 9.56. The minimum absolute atomic E-state index is 0.0461. The van der Waals surface area contributed by atoms with Crippen molar-refractivity contribution in [3.8, 4) is 11.5 Å². The van der Waals surface area contributed by atoms with E-state index >= 15 is 0 Å². The maximum absolute atomic E-state index is 12.0. The molecule has 2 aromatic carbocycles. The van der Waals surface area contributed by atoms with Crippen LogP contribution in [-0.4, -0.2) is 74.0 Å². The predicted octanol–water partition coefficient (Wildman–Crippen LogP) is 3.36. The van der Waals surface area contributed by atoms with Crippen molar-refractivity contribution in [2.75, 3.05) is 35.0 Å². The zero-order chi connectivity index (χ0) is 27.4.